The van der Waals surface area contributed by atoms with Crippen LogP contribution in [-0.4, -0.2) is 64.7 Å². The summed E-state index contributed by atoms with van der Waals surface area (Å²) in [4.78, 5) is 14.1. The highest BCUT2D eigenvalue weighted by Gasteiger charge is 2.19. The van der Waals surface area contributed by atoms with E-state index in [0.717, 1.165) is 28.8 Å². The molecular formula is C17H22N4O3S. The van der Waals surface area contributed by atoms with Crippen molar-refractivity contribution in [3.05, 3.63) is 24.3 Å². The fourth-order valence-corrected chi connectivity index (χ4v) is 3.59. The average Bonchev–Trinajstić information content (AvgIpc) is 3.09. The number of hydrogen-bond donors (Lipinski definition) is 0. The van der Waals surface area contributed by atoms with Crippen LogP contribution in [0.2, 0.25) is 0 Å². The second-order valence-corrected chi connectivity index (χ2v) is 6.51. The van der Waals surface area contributed by atoms with Gasteiger partial charge in [-0.2, -0.15) is 0 Å². The first-order valence-electron chi connectivity index (χ1n) is 8.29. The third-order valence-corrected chi connectivity index (χ3v) is 5.00. The smallest absolute Gasteiger partial charge is 0.233 e. The van der Waals surface area contributed by atoms with E-state index in [-0.39, 0.29) is 5.91 Å². The Kier molecular flexibility index (Phi) is 5.93. The molecule has 1 amide bonds. The Morgan fingerprint density at radius 1 is 1.32 bits per heavy atom. The Bertz CT molecular complexity index is 728. The summed E-state index contributed by atoms with van der Waals surface area (Å²) in [6, 6.07) is 7.74. The molecule has 3 rings (SSSR count). The molecule has 0 atom stereocenters. The van der Waals surface area contributed by atoms with Gasteiger partial charge in [-0.25, -0.2) is 0 Å². The zero-order valence-electron chi connectivity index (χ0n) is 14.5. The van der Waals surface area contributed by atoms with Crippen molar-refractivity contribution in [1.29, 1.82) is 0 Å². The number of carbonyl (C=O) groups is 1. The number of hydrogen-bond acceptors (Lipinski definition) is 6. The Hall–Kier alpha value is -2.06. The molecule has 1 aliphatic heterocycles. The highest BCUT2D eigenvalue weighted by Crippen LogP contribution is 2.26. The number of amides is 1. The Balaban J connectivity index is 1.72. The highest BCUT2D eigenvalue weighted by atomic mass is 32.2. The summed E-state index contributed by atoms with van der Waals surface area (Å²) >= 11 is 1.42. The van der Waals surface area contributed by atoms with E-state index in [9.17, 15) is 4.79 Å². The van der Waals surface area contributed by atoms with Crippen molar-refractivity contribution in [3.8, 4) is 17.1 Å². The van der Waals surface area contributed by atoms with Gasteiger partial charge < -0.3 is 18.9 Å². The van der Waals surface area contributed by atoms with Crippen LogP contribution in [0.5, 0.6) is 5.75 Å². The Morgan fingerprint density at radius 3 is 2.84 bits per heavy atom. The quantitative estimate of drug-likeness (QED) is 0.732. The van der Waals surface area contributed by atoms with Gasteiger partial charge in [0.1, 0.15) is 5.75 Å². The van der Waals surface area contributed by atoms with Gasteiger partial charge in [0, 0.05) is 25.2 Å². The van der Waals surface area contributed by atoms with Crippen LogP contribution in [0, 0.1) is 0 Å². The molecule has 1 aliphatic rings. The standard InChI is InChI=1S/C17H22N4O3S/c1-3-21-16(13-5-4-6-14(11-13)23-2)18-19-17(21)25-12-15(22)20-7-9-24-10-8-20/h4-6,11H,3,7-10,12H2,1-2H3. The number of aromatic nitrogens is 3. The molecule has 1 saturated heterocycles. The van der Waals surface area contributed by atoms with Crippen molar-refractivity contribution in [2.75, 3.05) is 39.2 Å². The van der Waals surface area contributed by atoms with Gasteiger partial charge in [0.15, 0.2) is 11.0 Å². The lowest BCUT2D eigenvalue weighted by Crippen LogP contribution is -2.41. The van der Waals surface area contributed by atoms with Crippen LogP contribution in [-0.2, 0) is 16.1 Å². The molecule has 1 fully saturated rings. The summed E-state index contributed by atoms with van der Waals surface area (Å²) in [5.74, 6) is 2.03. The third kappa shape index (κ3) is 4.13. The predicted molar refractivity (Wildman–Crippen MR) is 95.8 cm³/mol. The molecule has 25 heavy (non-hydrogen) atoms. The van der Waals surface area contributed by atoms with Gasteiger partial charge in [-0.1, -0.05) is 23.9 Å². The Morgan fingerprint density at radius 2 is 2.12 bits per heavy atom. The third-order valence-electron chi connectivity index (χ3n) is 4.05. The summed E-state index contributed by atoms with van der Waals surface area (Å²) in [5, 5.41) is 9.34. The first-order chi connectivity index (χ1) is 12.2. The maximum absolute atomic E-state index is 12.3. The molecule has 0 N–H and O–H groups in total. The van der Waals surface area contributed by atoms with E-state index in [0.29, 0.717) is 32.1 Å². The monoisotopic (exact) mass is 362 g/mol. The Labute approximate surface area is 151 Å². The number of nitrogens with zero attached hydrogens (tertiary/aromatic N) is 4. The van der Waals surface area contributed by atoms with Crippen molar-refractivity contribution in [3.63, 3.8) is 0 Å². The lowest BCUT2D eigenvalue weighted by atomic mass is 10.2. The van der Waals surface area contributed by atoms with Gasteiger partial charge in [0.05, 0.1) is 26.1 Å². The zero-order chi connectivity index (χ0) is 17.6. The molecule has 8 heteroatoms. The fraction of sp³-hybridized carbons (Fsp3) is 0.471. The molecule has 0 radical (unpaired) electrons. The van der Waals surface area contributed by atoms with Crippen LogP contribution in [0.1, 0.15) is 6.92 Å². The summed E-state index contributed by atoms with van der Waals surface area (Å²) in [5.41, 5.74) is 0.944. The van der Waals surface area contributed by atoms with Gasteiger partial charge in [-0.3, -0.25) is 4.79 Å². The molecule has 1 aromatic carbocycles. The summed E-state index contributed by atoms with van der Waals surface area (Å²) in [7, 11) is 1.64. The predicted octanol–water partition coefficient (Wildman–Crippen LogP) is 1.92. The molecule has 7 nitrogen and oxygen atoms in total. The van der Waals surface area contributed by atoms with E-state index in [1.54, 1.807) is 7.11 Å². The summed E-state index contributed by atoms with van der Waals surface area (Å²) in [6.45, 7) is 5.32. The molecule has 2 aromatic rings. The van der Waals surface area contributed by atoms with Crippen LogP contribution in [0.15, 0.2) is 29.4 Å². The van der Waals surface area contributed by atoms with E-state index in [4.69, 9.17) is 9.47 Å². The molecule has 134 valence electrons. The van der Waals surface area contributed by atoms with Crippen molar-refractivity contribution >= 4 is 17.7 Å². The normalized spacial score (nSPS) is 14.6. The molecule has 1 aromatic heterocycles. The van der Waals surface area contributed by atoms with Crippen LogP contribution in [0.25, 0.3) is 11.4 Å². The number of thioether (sulfide) groups is 1. The van der Waals surface area contributed by atoms with E-state index in [1.165, 1.54) is 11.8 Å². The number of benzene rings is 1. The van der Waals surface area contributed by atoms with Gasteiger partial charge >= 0.3 is 0 Å². The molecule has 0 aliphatic carbocycles. The minimum absolute atomic E-state index is 0.113. The minimum atomic E-state index is 0.113. The lowest BCUT2D eigenvalue weighted by molar-refractivity contribution is -0.132. The summed E-state index contributed by atoms with van der Waals surface area (Å²) < 4.78 is 12.6. The number of ether oxygens (including phenoxy) is 2. The van der Waals surface area contributed by atoms with Gasteiger partial charge in [0.25, 0.3) is 0 Å². The highest BCUT2D eigenvalue weighted by molar-refractivity contribution is 7.99. The molecule has 2 heterocycles. The molecule has 0 saturated carbocycles. The number of methoxy groups -OCH3 is 1. The molecule has 0 spiro atoms. The lowest BCUT2D eigenvalue weighted by Gasteiger charge is -2.26. The first kappa shape index (κ1) is 17.8. The SMILES string of the molecule is CCn1c(SCC(=O)N2CCOCC2)nnc1-c1cccc(OC)c1. The maximum Gasteiger partial charge on any atom is 0.233 e. The zero-order valence-corrected chi connectivity index (χ0v) is 15.3. The van der Waals surface area contributed by atoms with Crippen molar-refractivity contribution in [2.45, 2.75) is 18.6 Å². The van der Waals surface area contributed by atoms with Gasteiger partial charge in [-0.05, 0) is 19.1 Å². The largest absolute Gasteiger partial charge is 0.497 e. The van der Waals surface area contributed by atoms with Gasteiger partial charge in [0.2, 0.25) is 5.91 Å². The van der Waals surface area contributed by atoms with Crippen LogP contribution >= 0.6 is 11.8 Å². The first-order valence-corrected chi connectivity index (χ1v) is 9.27. The van der Waals surface area contributed by atoms with Gasteiger partial charge in [-0.15, -0.1) is 10.2 Å². The fourth-order valence-electron chi connectivity index (χ4n) is 2.69. The number of carbonyl (C=O) groups excluding carboxylic acids is 1. The topological polar surface area (TPSA) is 69.5 Å². The average molecular weight is 362 g/mol. The molecule has 0 unspecified atom stereocenters. The second kappa shape index (κ2) is 8.35. The molecule has 0 bridgehead atoms. The van der Waals surface area contributed by atoms with E-state index in [2.05, 4.69) is 10.2 Å². The van der Waals surface area contributed by atoms with E-state index >= 15 is 0 Å². The summed E-state index contributed by atoms with van der Waals surface area (Å²) in [6.07, 6.45) is 0. The van der Waals surface area contributed by atoms with Crippen LogP contribution < -0.4 is 4.74 Å². The number of rotatable bonds is 6. The van der Waals surface area contributed by atoms with Crippen LogP contribution in [0.3, 0.4) is 0 Å². The second-order valence-electron chi connectivity index (χ2n) is 5.56. The maximum atomic E-state index is 12.3. The van der Waals surface area contributed by atoms with Crippen molar-refractivity contribution in [2.24, 2.45) is 0 Å². The minimum Gasteiger partial charge on any atom is -0.497 e. The van der Waals surface area contributed by atoms with Crippen molar-refractivity contribution in [1.82, 2.24) is 19.7 Å². The van der Waals surface area contributed by atoms with Crippen molar-refractivity contribution < 1.29 is 14.3 Å². The van der Waals surface area contributed by atoms with E-state index < -0.39 is 0 Å². The van der Waals surface area contributed by atoms with E-state index in [1.807, 2.05) is 40.7 Å². The van der Waals surface area contributed by atoms with Crippen LogP contribution in [0.4, 0.5) is 0 Å². The molecular weight excluding hydrogens is 340 g/mol. The number of morpholine rings is 1.